The number of hydrogen-bond donors (Lipinski definition) is 1. The lowest BCUT2D eigenvalue weighted by atomic mass is 10.6. The lowest BCUT2D eigenvalue weighted by molar-refractivity contribution is -0.141. The fourth-order valence-electron chi connectivity index (χ4n) is 0.382. The number of rotatable bonds is 5. The van der Waals surface area contributed by atoms with Gasteiger partial charge >= 0.3 is 5.97 Å². The van der Waals surface area contributed by atoms with Gasteiger partial charge < -0.3 is 10.1 Å². The van der Waals surface area contributed by atoms with E-state index in [-0.39, 0.29) is 5.97 Å². The Hall–Kier alpha value is 0.510. The first-order valence-electron chi connectivity index (χ1n) is 2.85. The second kappa shape index (κ2) is 7.62. The van der Waals surface area contributed by atoms with Gasteiger partial charge in [0.2, 0.25) is 0 Å². The molecule has 0 unspecified atom stereocenters. The number of halogens is 1. The minimum absolute atomic E-state index is 0.187. The van der Waals surface area contributed by atoms with Gasteiger partial charge in [0.05, 0.1) is 6.54 Å². The third kappa shape index (κ3) is 6.63. The van der Waals surface area contributed by atoms with Gasteiger partial charge in [0.15, 0.2) is 0 Å². The van der Waals surface area contributed by atoms with Gasteiger partial charge in [-0.2, -0.15) is 0 Å². The smallest absolute Gasteiger partial charge is 0.319 e. The van der Waals surface area contributed by atoms with Gasteiger partial charge in [0.1, 0.15) is 6.61 Å². The van der Waals surface area contributed by atoms with Gasteiger partial charge in [0.25, 0.3) is 0 Å². The lowest BCUT2D eigenvalue weighted by Gasteiger charge is -2.00. The second-order valence-corrected chi connectivity index (χ2v) is 4.06. The molecule has 0 aromatic rings. The van der Waals surface area contributed by atoms with Crippen molar-refractivity contribution < 1.29 is 9.53 Å². The van der Waals surface area contributed by atoms with Crippen molar-refractivity contribution in [2.75, 3.05) is 26.0 Å². The van der Waals surface area contributed by atoms with Crippen LogP contribution in [0.15, 0.2) is 0 Å². The van der Waals surface area contributed by atoms with Crippen LogP contribution in [0.5, 0.6) is 0 Å². The molecule has 0 rings (SSSR count). The van der Waals surface area contributed by atoms with Crippen LogP contribution in [0.2, 0.25) is 0 Å². The van der Waals surface area contributed by atoms with E-state index in [4.69, 9.17) is 4.74 Å². The molecule has 10 heavy (non-hydrogen) atoms. The molecule has 0 saturated heterocycles. The molecule has 0 bridgehead atoms. The summed E-state index contributed by atoms with van der Waals surface area (Å²) in [5, 5.41) is 2.71. The zero-order valence-electron chi connectivity index (χ0n) is 5.72. The highest BCUT2D eigenvalue weighted by atomic mass is 127. The standard InChI is InChI=1S/C5H10INO2S/c1-7-4-5(8)9-2-3-10-6/h7H,2-4H2,1H3. The minimum atomic E-state index is -0.187. The van der Waals surface area contributed by atoms with E-state index in [2.05, 4.69) is 26.5 Å². The Balaban J connectivity index is 3.05. The highest BCUT2D eigenvalue weighted by Crippen LogP contribution is 2.08. The number of ether oxygens (including phenoxy) is 1. The van der Waals surface area contributed by atoms with Crippen LogP contribution in [-0.2, 0) is 9.53 Å². The van der Waals surface area contributed by atoms with Crippen LogP contribution < -0.4 is 5.32 Å². The number of esters is 1. The van der Waals surface area contributed by atoms with E-state index in [9.17, 15) is 4.79 Å². The van der Waals surface area contributed by atoms with E-state index >= 15 is 0 Å². The third-order valence-corrected chi connectivity index (χ3v) is 2.39. The van der Waals surface area contributed by atoms with Gasteiger partial charge in [-0.1, -0.05) is 8.93 Å². The molecule has 3 nitrogen and oxygen atoms in total. The Morgan fingerprint density at radius 2 is 2.50 bits per heavy atom. The average Bonchev–Trinajstić information content (AvgIpc) is 1.89. The summed E-state index contributed by atoms with van der Waals surface area (Å²) in [5.74, 6) is 0.670. The number of carbonyl (C=O) groups is 1. The summed E-state index contributed by atoms with van der Waals surface area (Å²) >= 11 is 2.17. The molecule has 0 radical (unpaired) electrons. The van der Waals surface area contributed by atoms with Crippen LogP contribution in [0, 0.1) is 0 Å². The minimum Gasteiger partial charge on any atom is -0.464 e. The second-order valence-electron chi connectivity index (χ2n) is 1.56. The predicted octanol–water partition coefficient (Wildman–Crippen LogP) is 0.832. The highest BCUT2D eigenvalue weighted by molar-refractivity contribution is 14.2. The molecule has 0 aliphatic rings. The van der Waals surface area contributed by atoms with Crippen LogP contribution in [0.4, 0.5) is 0 Å². The van der Waals surface area contributed by atoms with E-state index in [1.807, 2.05) is 0 Å². The number of likely N-dealkylation sites (N-methyl/N-ethyl adjacent to an activating group) is 1. The molecule has 0 spiro atoms. The Morgan fingerprint density at radius 1 is 1.80 bits per heavy atom. The van der Waals surface area contributed by atoms with Gasteiger partial charge in [-0.15, -0.1) is 0 Å². The maximum absolute atomic E-state index is 10.6. The van der Waals surface area contributed by atoms with Crippen LogP contribution in [0.25, 0.3) is 0 Å². The van der Waals surface area contributed by atoms with Crippen LogP contribution in [-0.4, -0.2) is 31.9 Å². The van der Waals surface area contributed by atoms with E-state index < -0.39 is 0 Å². The molecule has 5 heteroatoms. The maximum Gasteiger partial charge on any atom is 0.319 e. The fraction of sp³-hybridized carbons (Fsp3) is 0.800. The molecule has 0 aliphatic heterocycles. The van der Waals surface area contributed by atoms with Crippen molar-refractivity contribution in [2.45, 2.75) is 0 Å². The fourth-order valence-corrected chi connectivity index (χ4v) is 1.07. The summed E-state index contributed by atoms with van der Waals surface area (Å²) in [6.07, 6.45) is 0. The Morgan fingerprint density at radius 3 is 3.00 bits per heavy atom. The summed E-state index contributed by atoms with van der Waals surface area (Å²) in [4.78, 5) is 10.6. The first-order chi connectivity index (χ1) is 4.81. The summed E-state index contributed by atoms with van der Waals surface area (Å²) < 4.78 is 4.80. The lowest BCUT2D eigenvalue weighted by Crippen LogP contribution is -2.21. The van der Waals surface area contributed by atoms with Gasteiger partial charge in [0, 0.05) is 5.75 Å². The van der Waals surface area contributed by atoms with E-state index in [1.54, 1.807) is 16.0 Å². The average molecular weight is 275 g/mol. The quantitative estimate of drug-likeness (QED) is 0.458. The maximum atomic E-state index is 10.6. The van der Waals surface area contributed by atoms with E-state index in [1.165, 1.54) is 0 Å². The predicted molar refractivity (Wildman–Crippen MR) is 51.4 cm³/mol. The zero-order chi connectivity index (χ0) is 7.82. The molecule has 0 atom stereocenters. The first kappa shape index (κ1) is 10.5. The van der Waals surface area contributed by atoms with Crippen molar-refractivity contribution in [3.63, 3.8) is 0 Å². The molecule has 0 amide bonds. The summed E-state index contributed by atoms with van der Waals surface area (Å²) in [6.45, 7) is 0.806. The number of nitrogens with one attached hydrogen (secondary N) is 1. The molecular formula is C5H10INO2S. The topological polar surface area (TPSA) is 38.3 Å². The monoisotopic (exact) mass is 275 g/mol. The number of carbonyl (C=O) groups excluding carboxylic acids is 1. The van der Waals surface area contributed by atoms with Crippen molar-refractivity contribution in [1.29, 1.82) is 0 Å². The van der Waals surface area contributed by atoms with Crippen molar-refractivity contribution in [1.82, 2.24) is 5.32 Å². The molecule has 0 fully saturated rings. The highest BCUT2D eigenvalue weighted by Gasteiger charge is 1.97. The molecule has 0 aliphatic carbocycles. The Bertz CT molecular complexity index is 102. The molecule has 0 saturated carbocycles. The summed E-state index contributed by atoms with van der Waals surface area (Å²) in [5.41, 5.74) is 0. The van der Waals surface area contributed by atoms with Crippen LogP contribution >= 0.6 is 30.1 Å². The van der Waals surface area contributed by atoms with Crippen molar-refractivity contribution >= 4 is 36.1 Å². The number of hydrogen-bond acceptors (Lipinski definition) is 4. The molecule has 60 valence electrons. The van der Waals surface area contributed by atoms with Crippen molar-refractivity contribution in [2.24, 2.45) is 0 Å². The molecule has 0 heterocycles. The molecule has 0 aromatic carbocycles. The summed E-state index contributed by atoms with van der Waals surface area (Å²) in [7, 11) is 3.35. The molecule has 0 aromatic heterocycles. The SMILES string of the molecule is CNCC(=O)OCCSI. The molecular weight excluding hydrogens is 265 g/mol. The summed E-state index contributed by atoms with van der Waals surface area (Å²) in [6, 6.07) is 0. The van der Waals surface area contributed by atoms with Gasteiger partial charge in [-0.05, 0) is 28.3 Å². The Labute approximate surface area is 76.9 Å². The largest absolute Gasteiger partial charge is 0.464 e. The van der Waals surface area contributed by atoms with Crippen LogP contribution in [0.1, 0.15) is 0 Å². The van der Waals surface area contributed by atoms with E-state index in [0.717, 1.165) is 5.75 Å². The zero-order valence-corrected chi connectivity index (χ0v) is 8.70. The van der Waals surface area contributed by atoms with Crippen LogP contribution in [0.3, 0.4) is 0 Å². The third-order valence-electron chi connectivity index (χ3n) is 0.745. The first-order valence-corrected chi connectivity index (χ1v) is 6.38. The van der Waals surface area contributed by atoms with Gasteiger partial charge in [-0.3, -0.25) is 4.79 Å². The Kier molecular flexibility index (Phi) is 8.00. The van der Waals surface area contributed by atoms with Gasteiger partial charge in [-0.25, -0.2) is 0 Å². The van der Waals surface area contributed by atoms with Crippen molar-refractivity contribution in [3.05, 3.63) is 0 Å². The van der Waals surface area contributed by atoms with Crippen molar-refractivity contribution in [3.8, 4) is 0 Å². The normalized spacial score (nSPS) is 9.40. The molecule has 1 N–H and O–H groups in total. The van der Waals surface area contributed by atoms with E-state index in [0.29, 0.717) is 13.2 Å².